The molecule has 0 bridgehead atoms. The SMILES string of the molecule is CCCC1CCc2ccccc2N1C(=O)c1ncccn1. The standard InChI is InChI=1S/C17H19N3O/c1-2-6-14-10-9-13-7-3-4-8-15(13)20(14)17(21)16-18-11-5-12-19-16/h3-5,7-8,11-12,14H,2,6,9-10H2,1H3. The van der Waals surface area contributed by atoms with E-state index in [9.17, 15) is 4.79 Å². The summed E-state index contributed by atoms with van der Waals surface area (Å²) in [7, 11) is 0. The van der Waals surface area contributed by atoms with Crippen molar-refractivity contribution in [3.05, 3.63) is 54.1 Å². The van der Waals surface area contributed by atoms with Gasteiger partial charge in [-0.15, -0.1) is 0 Å². The zero-order valence-electron chi connectivity index (χ0n) is 12.2. The molecule has 1 atom stereocenters. The van der Waals surface area contributed by atoms with Gasteiger partial charge in [-0.2, -0.15) is 0 Å². The van der Waals surface area contributed by atoms with Gasteiger partial charge in [0, 0.05) is 24.1 Å². The van der Waals surface area contributed by atoms with Crippen molar-refractivity contribution in [3.8, 4) is 0 Å². The first-order valence-electron chi connectivity index (χ1n) is 7.49. The average molecular weight is 281 g/mol. The van der Waals surface area contributed by atoms with Crippen LogP contribution in [0.2, 0.25) is 0 Å². The number of hydrogen-bond acceptors (Lipinski definition) is 3. The first-order valence-corrected chi connectivity index (χ1v) is 7.49. The summed E-state index contributed by atoms with van der Waals surface area (Å²) in [5.41, 5.74) is 2.24. The van der Waals surface area contributed by atoms with Gasteiger partial charge < -0.3 is 4.90 Å². The second-order valence-corrected chi connectivity index (χ2v) is 5.36. The largest absolute Gasteiger partial charge is 0.302 e. The number of aromatic nitrogens is 2. The Balaban J connectivity index is 2.01. The normalized spacial score (nSPS) is 17.4. The number of hydrogen-bond donors (Lipinski definition) is 0. The fraction of sp³-hybridized carbons (Fsp3) is 0.353. The van der Waals surface area contributed by atoms with E-state index in [2.05, 4.69) is 23.0 Å². The molecule has 4 heteroatoms. The number of fused-ring (bicyclic) bond motifs is 1. The monoisotopic (exact) mass is 281 g/mol. The van der Waals surface area contributed by atoms with Gasteiger partial charge in [0.1, 0.15) is 0 Å². The van der Waals surface area contributed by atoms with Crippen LogP contribution in [0.1, 0.15) is 42.4 Å². The molecule has 21 heavy (non-hydrogen) atoms. The number of aryl methyl sites for hydroxylation is 1. The van der Waals surface area contributed by atoms with Crippen molar-refractivity contribution in [2.24, 2.45) is 0 Å². The van der Waals surface area contributed by atoms with Crippen molar-refractivity contribution >= 4 is 11.6 Å². The number of benzene rings is 1. The number of anilines is 1. The van der Waals surface area contributed by atoms with Crippen molar-refractivity contribution in [1.82, 2.24) is 9.97 Å². The lowest BCUT2D eigenvalue weighted by Gasteiger charge is -2.36. The van der Waals surface area contributed by atoms with E-state index in [4.69, 9.17) is 0 Å². The number of amides is 1. The van der Waals surface area contributed by atoms with E-state index in [1.165, 1.54) is 5.56 Å². The van der Waals surface area contributed by atoms with Gasteiger partial charge in [-0.3, -0.25) is 4.79 Å². The summed E-state index contributed by atoms with van der Waals surface area (Å²) in [5, 5.41) is 0. The molecule has 4 nitrogen and oxygen atoms in total. The first-order chi connectivity index (χ1) is 10.3. The van der Waals surface area contributed by atoms with Crippen molar-refractivity contribution < 1.29 is 4.79 Å². The molecule has 1 aromatic carbocycles. The lowest BCUT2D eigenvalue weighted by molar-refractivity contribution is 0.0961. The van der Waals surface area contributed by atoms with Crippen LogP contribution in [0.15, 0.2) is 42.7 Å². The van der Waals surface area contributed by atoms with Crippen molar-refractivity contribution in [3.63, 3.8) is 0 Å². The minimum absolute atomic E-state index is 0.0961. The minimum Gasteiger partial charge on any atom is -0.302 e. The van der Waals surface area contributed by atoms with Gasteiger partial charge >= 0.3 is 0 Å². The molecule has 1 unspecified atom stereocenters. The molecule has 0 fully saturated rings. The number of para-hydroxylation sites is 1. The number of rotatable bonds is 3. The summed E-state index contributed by atoms with van der Waals surface area (Å²) in [6, 6.07) is 10.1. The van der Waals surface area contributed by atoms with Gasteiger partial charge in [-0.05, 0) is 37.0 Å². The predicted molar refractivity (Wildman–Crippen MR) is 82.3 cm³/mol. The highest BCUT2D eigenvalue weighted by atomic mass is 16.2. The van der Waals surface area contributed by atoms with Crippen molar-refractivity contribution in [2.45, 2.75) is 38.6 Å². The maximum absolute atomic E-state index is 12.8. The second-order valence-electron chi connectivity index (χ2n) is 5.36. The van der Waals surface area contributed by atoms with E-state index in [1.54, 1.807) is 18.5 Å². The van der Waals surface area contributed by atoms with E-state index in [0.717, 1.165) is 31.4 Å². The van der Waals surface area contributed by atoms with Gasteiger partial charge in [-0.1, -0.05) is 31.5 Å². The molecular formula is C17H19N3O. The molecule has 0 radical (unpaired) electrons. The van der Waals surface area contributed by atoms with Crippen LogP contribution >= 0.6 is 0 Å². The summed E-state index contributed by atoms with van der Waals surface area (Å²) in [6.07, 6.45) is 7.33. The summed E-state index contributed by atoms with van der Waals surface area (Å²) in [5.74, 6) is 0.177. The molecule has 0 aliphatic carbocycles. The van der Waals surface area contributed by atoms with Gasteiger partial charge in [0.05, 0.1) is 0 Å². The third kappa shape index (κ3) is 2.66. The Hall–Kier alpha value is -2.23. The fourth-order valence-corrected chi connectivity index (χ4v) is 3.00. The van der Waals surface area contributed by atoms with Crippen LogP contribution in [0.25, 0.3) is 0 Å². The Morgan fingerprint density at radius 3 is 2.76 bits per heavy atom. The molecule has 0 saturated heterocycles. The highest BCUT2D eigenvalue weighted by Crippen LogP contribution is 2.33. The lowest BCUT2D eigenvalue weighted by atomic mass is 9.93. The first kappa shape index (κ1) is 13.7. The van der Waals surface area contributed by atoms with Crippen LogP contribution < -0.4 is 4.90 Å². The smallest absolute Gasteiger partial charge is 0.296 e. The third-order valence-corrected chi connectivity index (χ3v) is 3.96. The van der Waals surface area contributed by atoms with E-state index < -0.39 is 0 Å². The van der Waals surface area contributed by atoms with Gasteiger partial charge in [0.2, 0.25) is 5.82 Å². The average Bonchev–Trinajstić information content (AvgIpc) is 2.55. The number of carbonyl (C=O) groups excluding carboxylic acids is 1. The van der Waals surface area contributed by atoms with Crippen molar-refractivity contribution in [1.29, 1.82) is 0 Å². The topological polar surface area (TPSA) is 46.1 Å². The Labute approximate surface area is 124 Å². The Kier molecular flexibility index (Phi) is 3.95. The van der Waals surface area contributed by atoms with Crippen LogP contribution in [-0.4, -0.2) is 21.9 Å². The van der Waals surface area contributed by atoms with Crippen LogP contribution in [-0.2, 0) is 6.42 Å². The van der Waals surface area contributed by atoms with Gasteiger partial charge in [0.25, 0.3) is 5.91 Å². The fourth-order valence-electron chi connectivity index (χ4n) is 3.00. The molecule has 2 aromatic rings. The summed E-state index contributed by atoms with van der Waals surface area (Å²) < 4.78 is 0. The minimum atomic E-state index is -0.0961. The Bertz CT molecular complexity index is 627. The molecule has 0 saturated carbocycles. The van der Waals surface area contributed by atoms with Gasteiger partial charge in [0.15, 0.2) is 0 Å². The maximum atomic E-state index is 12.8. The molecule has 1 aliphatic rings. The number of nitrogens with zero attached hydrogens (tertiary/aromatic N) is 3. The molecule has 1 aromatic heterocycles. The molecule has 108 valence electrons. The molecule has 2 heterocycles. The predicted octanol–water partition coefficient (Wildman–Crippen LogP) is 3.24. The zero-order chi connectivity index (χ0) is 14.7. The quantitative estimate of drug-likeness (QED) is 0.867. The van der Waals surface area contributed by atoms with Gasteiger partial charge in [-0.25, -0.2) is 9.97 Å². The molecule has 3 rings (SSSR count). The molecule has 0 N–H and O–H groups in total. The van der Waals surface area contributed by atoms with Crippen LogP contribution in [0, 0.1) is 0 Å². The zero-order valence-corrected chi connectivity index (χ0v) is 12.2. The highest BCUT2D eigenvalue weighted by molar-refractivity contribution is 6.04. The van der Waals surface area contributed by atoms with E-state index in [1.807, 2.05) is 23.1 Å². The Morgan fingerprint density at radius 1 is 1.24 bits per heavy atom. The molecule has 1 amide bonds. The maximum Gasteiger partial charge on any atom is 0.296 e. The number of carbonyl (C=O) groups is 1. The van der Waals surface area contributed by atoms with Crippen LogP contribution in [0.3, 0.4) is 0 Å². The van der Waals surface area contributed by atoms with Crippen LogP contribution in [0.4, 0.5) is 5.69 Å². The summed E-state index contributed by atoms with van der Waals surface area (Å²) in [6.45, 7) is 2.15. The van der Waals surface area contributed by atoms with E-state index >= 15 is 0 Å². The summed E-state index contributed by atoms with van der Waals surface area (Å²) in [4.78, 5) is 23.0. The van der Waals surface area contributed by atoms with Crippen molar-refractivity contribution in [2.75, 3.05) is 4.90 Å². The lowest BCUT2D eigenvalue weighted by Crippen LogP contribution is -2.44. The molecule has 1 aliphatic heterocycles. The molecule has 0 spiro atoms. The van der Waals surface area contributed by atoms with E-state index in [0.29, 0.717) is 0 Å². The molecular weight excluding hydrogens is 262 g/mol. The van der Waals surface area contributed by atoms with E-state index in [-0.39, 0.29) is 17.8 Å². The van der Waals surface area contributed by atoms with Crippen LogP contribution in [0.5, 0.6) is 0 Å². The highest BCUT2D eigenvalue weighted by Gasteiger charge is 2.31. The third-order valence-electron chi connectivity index (χ3n) is 3.96. The second kappa shape index (κ2) is 6.04. The summed E-state index contributed by atoms with van der Waals surface area (Å²) >= 11 is 0. The Morgan fingerprint density at radius 2 is 2.00 bits per heavy atom.